The first kappa shape index (κ1) is 18.9. The van der Waals surface area contributed by atoms with E-state index in [2.05, 4.69) is 20.5 Å². The maximum absolute atomic E-state index is 12.3. The minimum atomic E-state index is -0.270. The second kappa shape index (κ2) is 8.09. The van der Waals surface area contributed by atoms with Gasteiger partial charge < -0.3 is 16.0 Å². The van der Waals surface area contributed by atoms with E-state index in [0.717, 1.165) is 5.56 Å². The fraction of sp³-hybridized carbons (Fsp3) is 0.375. The van der Waals surface area contributed by atoms with Crippen LogP contribution in [0.4, 0.5) is 5.69 Å². The summed E-state index contributed by atoms with van der Waals surface area (Å²) in [6, 6.07) is 7.25. The van der Waals surface area contributed by atoms with Crippen molar-refractivity contribution in [2.45, 2.75) is 19.4 Å². The molecule has 1 aromatic heterocycles. The number of rotatable bonds is 4. The Morgan fingerprint density at radius 3 is 2.72 bits per heavy atom. The molecule has 1 aliphatic rings. The summed E-state index contributed by atoms with van der Waals surface area (Å²) in [4.78, 5) is 29.9. The molecule has 1 fully saturated rings. The number of aromatic nitrogens is 3. The molecule has 3 rings (SSSR count). The normalized spacial score (nSPS) is 17.1. The minimum absolute atomic E-state index is 0. The highest BCUT2D eigenvalue weighted by molar-refractivity contribution is 5.95. The number of nitrogens with zero attached hydrogens (tertiary/aromatic N) is 3. The molecule has 0 spiro atoms. The third kappa shape index (κ3) is 4.34. The van der Waals surface area contributed by atoms with Crippen molar-refractivity contribution in [3.8, 4) is 11.4 Å². The summed E-state index contributed by atoms with van der Waals surface area (Å²) in [6.45, 7) is 0.917. The molecule has 1 saturated heterocycles. The van der Waals surface area contributed by atoms with Gasteiger partial charge in [-0.05, 0) is 30.7 Å². The number of anilines is 1. The number of piperidine rings is 1. The molecule has 1 aromatic carbocycles. The molecule has 9 heteroatoms. The van der Waals surface area contributed by atoms with E-state index in [0.29, 0.717) is 36.8 Å². The second-order valence-corrected chi connectivity index (χ2v) is 5.88. The standard InChI is InChI=1S/C16H20N6O2.ClH/c1-22-7-6-11(8-14(22)23)16(24)18-12-4-2-10(3-5-12)15-19-13(9-17)20-21-15;/h2-5,11H,6-9,17H2,1H3,(H,18,24)(H,19,20,21);1H. The van der Waals surface area contributed by atoms with E-state index in [9.17, 15) is 9.59 Å². The van der Waals surface area contributed by atoms with Gasteiger partial charge in [0.25, 0.3) is 0 Å². The zero-order valence-electron chi connectivity index (χ0n) is 13.9. The van der Waals surface area contributed by atoms with Crippen molar-refractivity contribution < 1.29 is 9.59 Å². The molecule has 134 valence electrons. The van der Waals surface area contributed by atoms with E-state index in [1.807, 2.05) is 12.1 Å². The number of likely N-dealkylation sites (tertiary alicyclic amines) is 1. The average molecular weight is 365 g/mol. The molecule has 2 heterocycles. The van der Waals surface area contributed by atoms with Crippen molar-refractivity contribution in [2.75, 3.05) is 18.9 Å². The number of aromatic amines is 1. The molecule has 4 N–H and O–H groups in total. The Morgan fingerprint density at radius 1 is 1.40 bits per heavy atom. The topological polar surface area (TPSA) is 117 Å². The van der Waals surface area contributed by atoms with Gasteiger partial charge >= 0.3 is 0 Å². The van der Waals surface area contributed by atoms with Crippen molar-refractivity contribution >= 4 is 29.9 Å². The first-order valence-corrected chi connectivity index (χ1v) is 7.83. The van der Waals surface area contributed by atoms with Gasteiger partial charge in [0.1, 0.15) is 5.82 Å². The number of hydrogen-bond donors (Lipinski definition) is 3. The number of H-pyrrole nitrogens is 1. The zero-order chi connectivity index (χ0) is 17.1. The fourth-order valence-corrected chi connectivity index (χ4v) is 2.63. The maximum atomic E-state index is 12.3. The van der Waals surface area contributed by atoms with Gasteiger partial charge in [0.05, 0.1) is 6.54 Å². The molecule has 25 heavy (non-hydrogen) atoms. The second-order valence-electron chi connectivity index (χ2n) is 5.88. The lowest BCUT2D eigenvalue weighted by atomic mass is 9.95. The van der Waals surface area contributed by atoms with Crippen molar-refractivity contribution in [1.29, 1.82) is 0 Å². The van der Waals surface area contributed by atoms with Crippen molar-refractivity contribution in [1.82, 2.24) is 20.1 Å². The van der Waals surface area contributed by atoms with Crippen LogP contribution in [0, 0.1) is 5.92 Å². The minimum Gasteiger partial charge on any atom is -0.346 e. The third-order valence-corrected chi connectivity index (χ3v) is 4.17. The fourth-order valence-electron chi connectivity index (χ4n) is 2.63. The maximum Gasteiger partial charge on any atom is 0.228 e. The van der Waals surface area contributed by atoms with Crippen molar-refractivity contribution in [2.24, 2.45) is 11.7 Å². The molecule has 0 aliphatic carbocycles. The van der Waals surface area contributed by atoms with Gasteiger partial charge in [0.15, 0.2) is 5.82 Å². The predicted octanol–water partition coefficient (Wildman–Crippen LogP) is 1.16. The van der Waals surface area contributed by atoms with E-state index in [4.69, 9.17) is 5.73 Å². The molecule has 1 aliphatic heterocycles. The number of amides is 2. The molecule has 2 amide bonds. The van der Waals surface area contributed by atoms with Gasteiger partial charge in [0.2, 0.25) is 11.8 Å². The Labute approximate surface area is 151 Å². The van der Waals surface area contributed by atoms with Crippen LogP contribution in [0.15, 0.2) is 24.3 Å². The van der Waals surface area contributed by atoms with Crippen LogP contribution in [0.1, 0.15) is 18.7 Å². The predicted molar refractivity (Wildman–Crippen MR) is 95.9 cm³/mol. The van der Waals surface area contributed by atoms with Crippen LogP contribution in [0.2, 0.25) is 0 Å². The highest BCUT2D eigenvalue weighted by atomic mass is 35.5. The summed E-state index contributed by atoms with van der Waals surface area (Å²) in [5.41, 5.74) is 7.02. The first-order valence-electron chi connectivity index (χ1n) is 7.83. The van der Waals surface area contributed by atoms with E-state index in [-0.39, 0.29) is 36.6 Å². The number of carbonyl (C=O) groups excluding carboxylic acids is 2. The molecule has 8 nitrogen and oxygen atoms in total. The van der Waals surface area contributed by atoms with Crippen LogP contribution >= 0.6 is 12.4 Å². The largest absolute Gasteiger partial charge is 0.346 e. The summed E-state index contributed by atoms with van der Waals surface area (Å²) >= 11 is 0. The molecule has 2 aromatic rings. The molecular weight excluding hydrogens is 344 g/mol. The van der Waals surface area contributed by atoms with Gasteiger partial charge in [-0.3, -0.25) is 14.7 Å². The van der Waals surface area contributed by atoms with Crippen LogP contribution in [-0.2, 0) is 16.1 Å². The molecule has 1 atom stereocenters. The Hall–Kier alpha value is -2.45. The number of nitrogens with one attached hydrogen (secondary N) is 2. The number of hydrogen-bond acceptors (Lipinski definition) is 5. The average Bonchev–Trinajstić information content (AvgIpc) is 3.07. The van der Waals surface area contributed by atoms with E-state index < -0.39 is 0 Å². The van der Waals surface area contributed by atoms with Crippen molar-refractivity contribution in [3.63, 3.8) is 0 Å². The number of halogens is 1. The summed E-state index contributed by atoms with van der Waals surface area (Å²) < 4.78 is 0. The van der Waals surface area contributed by atoms with E-state index in [1.165, 1.54) is 0 Å². The third-order valence-electron chi connectivity index (χ3n) is 4.17. The Balaban J connectivity index is 0.00000225. The molecule has 1 unspecified atom stereocenters. The molecule has 0 radical (unpaired) electrons. The number of nitrogens with two attached hydrogens (primary N) is 1. The highest BCUT2D eigenvalue weighted by Crippen LogP contribution is 2.21. The van der Waals surface area contributed by atoms with Gasteiger partial charge in [0, 0.05) is 37.2 Å². The lowest BCUT2D eigenvalue weighted by molar-refractivity contribution is -0.137. The van der Waals surface area contributed by atoms with E-state index in [1.54, 1.807) is 24.1 Å². The van der Waals surface area contributed by atoms with E-state index >= 15 is 0 Å². The molecule has 0 bridgehead atoms. The summed E-state index contributed by atoms with van der Waals surface area (Å²) in [5.74, 6) is 0.807. The van der Waals surface area contributed by atoms with Crippen LogP contribution in [0.3, 0.4) is 0 Å². The highest BCUT2D eigenvalue weighted by Gasteiger charge is 2.28. The molecular formula is C16H21ClN6O2. The Kier molecular flexibility index (Phi) is 6.11. The molecule has 0 saturated carbocycles. The van der Waals surface area contributed by atoms with Crippen LogP contribution in [-0.4, -0.2) is 45.5 Å². The number of benzene rings is 1. The summed E-state index contributed by atoms with van der Waals surface area (Å²) in [7, 11) is 1.76. The SMILES string of the molecule is CN1CCC(C(=O)Nc2ccc(-c3n[nH]c(CN)n3)cc2)CC1=O.Cl. The lowest BCUT2D eigenvalue weighted by Crippen LogP contribution is -2.39. The lowest BCUT2D eigenvalue weighted by Gasteiger charge is -2.27. The quantitative estimate of drug-likeness (QED) is 0.752. The van der Waals surface area contributed by atoms with Gasteiger partial charge in [-0.15, -0.1) is 12.4 Å². The van der Waals surface area contributed by atoms with Crippen LogP contribution in [0.5, 0.6) is 0 Å². The Morgan fingerprint density at radius 2 is 2.12 bits per heavy atom. The Bertz CT molecular complexity index is 745. The summed E-state index contributed by atoms with van der Waals surface area (Å²) in [6.07, 6.45) is 0.949. The van der Waals surface area contributed by atoms with Crippen LogP contribution < -0.4 is 11.1 Å². The zero-order valence-corrected chi connectivity index (χ0v) is 14.7. The van der Waals surface area contributed by atoms with Gasteiger partial charge in [-0.2, -0.15) is 5.10 Å². The first-order chi connectivity index (χ1) is 11.6. The van der Waals surface area contributed by atoms with Crippen molar-refractivity contribution in [3.05, 3.63) is 30.1 Å². The van der Waals surface area contributed by atoms with Gasteiger partial charge in [-0.1, -0.05) is 0 Å². The van der Waals surface area contributed by atoms with Gasteiger partial charge in [-0.25, -0.2) is 4.98 Å². The monoisotopic (exact) mass is 364 g/mol. The number of carbonyl (C=O) groups is 2. The smallest absolute Gasteiger partial charge is 0.228 e. The van der Waals surface area contributed by atoms with Crippen LogP contribution in [0.25, 0.3) is 11.4 Å². The summed E-state index contributed by atoms with van der Waals surface area (Å²) in [5, 5.41) is 9.71.